The summed E-state index contributed by atoms with van der Waals surface area (Å²) in [7, 11) is 0. The molecule has 0 radical (unpaired) electrons. The molecule has 1 aliphatic carbocycles. The van der Waals surface area contributed by atoms with Crippen LogP contribution in [0.4, 0.5) is 0 Å². The lowest BCUT2D eigenvalue weighted by molar-refractivity contribution is -0.147. The van der Waals surface area contributed by atoms with E-state index < -0.39 is 5.41 Å². The van der Waals surface area contributed by atoms with Gasteiger partial charge in [-0.05, 0) is 23.5 Å². The standard InChI is InChI=1S/C9H15NO2.C9H8.C2H6/c1-5-6(2)9(3,4)8(12)10-7(5)11;1-2-5-9-7-3-6-8(9)4-1;1-2/h5-6H,1-4H3,(H,10,11,12);1-6H,7H2;1-2H3/t5-,6?;;/m1../s1. The van der Waals surface area contributed by atoms with Crippen molar-refractivity contribution < 1.29 is 9.59 Å². The number of carbonyl (C=O) groups excluding carboxylic acids is 2. The van der Waals surface area contributed by atoms with Gasteiger partial charge in [0, 0.05) is 11.3 Å². The lowest BCUT2D eigenvalue weighted by Crippen LogP contribution is -2.54. The van der Waals surface area contributed by atoms with Crippen LogP contribution in [0.5, 0.6) is 0 Å². The first-order chi connectivity index (χ1) is 10.8. The maximum absolute atomic E-state index is 11.4. The van der Waals surface area contributed by atoms with Crippen molar-refractivity contribution in [2.75, 3.05) is 0 Å². The molecule has 1 aliphatic heterocycles. The van der Waals surface area contributed by atoms with E-state index in [1.165, 1.54) is 11.1 Å². The third-order valence-corrected chi connectivity index (χ3v) is 4.81. The number of benzene rings is 1. The highest BCUT2D eigenvalue weighted by atomic mass is 16.2. The minimum Gasteiger partial charge on any atom is -0.296 e. The number of fused-ring (bicyclic) bond motifs is 1. The zero-order valence-corrected chi connectivity index (χ0v) is 15.1. The van der Waals surface area contributed by atoms with Crippen LogP contribution >= 0.6 is 0 Å². The van der Waals surface area contributed by atoms with Crippen LogP contribution in [0, 0.1) is 17.3 Å². The van der Waals surface area contributed by atoms with Crippen LogP contribution < -0.4 is 5.32 Å². The molecular weight excluding hydrogens is 286 g/mol. The second-order valence-electron chi connectivity index (χ2n) is 6.42. The lowest BCUT2D eigenvalue weighted by atomic mass is 9.70. The Bertz CT molecular complexity index is 587. The number of nitrogens with one attached hydrogen (secondary N) is 1. The molecule has 3 nitrogen and oxygen atoms in total. The Morgan fingerprint density at radius 2 is 1.70 bits per heavy atom. The van der Waals surface area contributed by atoms with Crippen LogP contribution in [-0.2, 0) is 16.0 Å². The molecule has 2 atom stereocenters. The summed E-state index contributed by atoms with van der Waals surface area (Å²) in [6.07, 6.45) is 5.50. The lowest BCUT2D eigenvalue weighted by Gasteiger charge is -2.38. The highest BCUT2D eigenvalue weighted by Gasteiger charge is 2.44. The van der Waals surface area contributed by atoms with Crippen molar-refractivity contribution in [3.8, 4) is 0 Å². The predicted octanol–water partition coefficient (Wildman–Crippen LogP) is 4.22. The first kappa shape index (κ1) is 19.1. The molecule has 1 saturated heterocycles. The average molecular weight is 315 g/mol. The second-order valence-corrected chi connectivity index (χ2v) is 6.42. The van der Waals surface area contributed by atoms with E-state index in [1.807, 2.05) is 41.5 Å². The van der Waals surface area contributed by atoms with Crippen molar-refractivity contribution in [1.29, 1.82) is 0 Å². The summed E-state index contributed by atoms with van der Waals surface area (Å²) in [6, 6.07) is 8.49. The van der Waals surface area contributed by atoms with Crippen molar-refractivity contribution in [2.24, 2.45) is 17.3 Å². The maximum Gasteiger partial charge on any atom is 0.232 e. The Morgan fingerprint density at radius 1 is 1.09 bits per heavy atom. The van der Waals surface area contributed by atoms with Crippen molar-refractivity contribution in [2.45, 2.75) is 48.0 Å². The molecule has 1 N–H and O–H groups in total. The topological polar surface area (TPSA) is 46.2 Å². The highest BCUT2D eigenvalue weighted by Crippen LogP contribution is 2.35. The van der Waals surface area contributed by atoms with Crippen LogP contribution in [0.2, 0.25) is 0 Å². The molecule has 0 saturated carbocycles. The smallest absolute Gasteiger partial charge is 0.232 e. The number of piperidine rings is 1. The second kappa shape index (κ2) is 8.09. The van der Waals surface area contributed by atoms with Gasteiger partial charge < -0.3 is 0 Å². The largest absolute Gasteiger partial charge is 0.296 e. The summed E-state index contributed by atoms with van der Waals surface area (Å²) in [5, 5.41) is 2.37. The van der Waals surface area contributed by atoms with Gasteiger partial charge in [-0.2, -0.15) is 0 Å². The van der Waals surface area contributed by atoms with Gasteiger partial charge in [-0.15, -0.1) is 0 Å². The van der Waals surface area contributed by atoms with Crippen molar-refractivity contribution >= 4 is 17.9 Å². The first-order valence-corrected chi connectivity index (χ1v) is 8.43. The number of hydrogen-bond donors (Lipinski definition) is 1. The molecule has 1 aromatic carbocycles. The number of imide groups is 1. The van der Waals surface area contributed by atoms with Gasteiger partial charge in [0.2, 0.25) is 11.8 Å². The highest BCUT2D eigenvalue weighted by molar-refractivity contribution is 6.01. The quantitative estimate of drug-likeness (QED) is 0.728. The summed E-state index contributed by atoms with van der Waals surface area (Å²) in [4.78, 5) is 22.5. The van der Waals surface area contributed by atoms with Gasteiger partial charge in [-0.1, -0.05) is 78.0 Å². The van der Waals surface area contributed by atoms with E-state index in [1.54, 1.807) is 0 Å². The van der Waals surface area contributed by atoms with Crippen molar-refractivity contribution in [3.63, 3.8) is 0 Å². The number of carbonyl (C=O) groups is 2. The number of hydrogen-bond acceptors (Lipinski definition) is 2. The summed E-state index contributed by atoms with van der Waals surface area (Å²) >= 11 is 0. The SMILES string of the molecule is C1=Cc2ccccc2C1.CC.CC1[C@@H](C)C(=O)NC(=O)C1(C)C. The molecule has 0 aromatic heterocycles. The van der Waals surface area contributed by atoms with E-state index in [0.29, 0.717) is 0 Å². The van der Waals surface area contributed by atoms with Crippen LogP contribution in [0.3, 0.4) is 0 Å². The molecule has 0 bridgehead atoms. The first-order valence-electron chi connectivity index (χ1n) is 8.43. The van der Waals surface area contributed by atoms with Crippen molar-refractivity contribution in [1.82, 2.24) is 5.32 Å². The molecule has 1 unspecified atom stereocenters. The van der Waals surface area contributed by atoms with E-state index in [9.17, 15) is 9.59 Å². The summed E-state index contributed by atoms with van der Waals surface area (Å²) < 4.78 is 0. The number of amides is 2. The van der Waals surface area contributed by atoms with Gasteiger partial charge in [0.05, 0.1) is 0 Å². The van der Waals surface area contributed by atoms with E-state index in [4.69, 9.17) is 0 Å². The van der Waals surface area contributed by atoms with E-state index in [0.717, 1.165) is 6.42 Å². The van der Waals surface area contributed by atoms with Crippen molar-refractivity contribution in [3.05, 3.63) is 41.5 Å². The van der Waals surface area contributed by atoms with Gasteiger partial charge in [-0.25, -0.2) is 0 Å². The van der Waals surface area contributed by atoms with Gasteiger partial charge in [0.15, 0.2) is 0 Å². The van der Waals surface area contributed by atoms with Crippen LogP contribution in [0.25, 0.3) is 6.08 Å². The zero-order chi connectivity index (χ0) is 17.6. The predicted molar refractivity (Wildman–Crippen MR) is 95.8 cm³/mol. The van der Waals surface area contributed by atoms with Gasteiger partial charge in [0.25, 0.3) is 0 Å². The normalized spacial score (nSPS) is 23.7. The van der Waals surface area contributed by atoms with Crippen LogP contribution in [0.1, 0.15) is 52.7 Å². The molecular formula is C20H29NO2. The Hall–Kier alpha value is -1.90. The molecule has 1 heterocycles. The minimum atomic E-state index is -0.423. The molecule has 23 heavy (non-hydrogen) atoms. The Labute approximate surface area is 140 Å². The van der Waals surface area contributed by atoms with E-state index in [2.05, 4.69) is 41.7 Å². The molecule has 0 spiro atoms. The minimum absolute atomic E-state index is 0.0716. The van der Waals surface area contributed by atoms with E-state index in [-0.39, 0.29) is 23.7 Å². The molecule has 1 fully saturated rings. The third-order valence-electron chi connectivity index (χ3n) is 4.81. The fraction of sp³-hybridized carbons (Fsp3) is 0.500. The average Bonchev–Trinajstić information content (AvgIpc) is 3.03. The molecule has 126 valence electrons. The van der Waals surface area contributed by atoms with Gasteiger partial charge in [0.1, 0.15) is 0 Å². The maximum atomic E-state index is 11.4. The van der Waals surface area contributed by atoms with Crippen LogP contribution in [0.15, 0.2) is 30.3 Å². The molecule has 2 aliphatic rings. The monoisotopic (exact) mass is 315 g/mol. The molecule has 1 aromatic rings. The van der Waals surface area contributed by atoms with Gasteiger partial charge >= 0.3 is 0 Å². The molecule has 3 rings (SSSR count). The summed E-state index contributed by atoms with van der Waals surface area (Å²) in [6.45, 7) is 11.5. The Balaban J connectivity index is 0.000000213. The fourth-order valence-electron chi connectivity index (χ4n) is 2.64. The molecule has 3 heteroatoms. The number of allylic oxidation sites excluding steroid dienone is 1. The zero-order valence-electron chi connectivity index (χ0n) is 15.1. The molecule has 2 amide bonds. The number of rotatable bonds is 0. The fourth-order valence-corrected chi connectivity index (χ4v) is 2.64. The third kappa shape index (κ3) is 4.31. The summed E-state index contributed by atoms with van der Waals surface area (Å²) in [5.41, 5.74) is 2.42. The summed E-state index contributed by atoms with van der Waals surface area (Å²) in [5.74, 6) is -0.263. The Kier molecular flexibility index (Phi) is 6.74. The Morgan fingerprint density at radius 3 is 2.30 bits per heavy atom. The van der Waals surface area contributed by atoms with Gasteiger partial charge in [-0.3, -0.25) is 14.9 Å². The van der Waals surface area contributed by atoms with Crippen LogP contribution in [-0.4, -0.2) is 11.8 Å². The van der Waals surface area contributed by atoms with E-state index >= 15 is 0 Å².